The fourth-order valence-corrected chi connectivity index (χ4v) is 3.09. The maximum atomic E-state index is 5.63. The molecule has 0 saturated carbocycles. The molecule has 0 amide bonds. The Morgan fingerprint density at radius 3 is 2.42 bits per heavy atom. The second-order valence-electron chi connectivity index (χ2n) is 6.09. The van der Waals surface area contributed by atoms with E-state index in [0.29, 0.717) is 6.54 Å². The second kappa shape index (κ2) is 9.15. The SMILES string of the molecule is CN=C(NCC(OC)c1ccccc1)N1CCN(c2ncccn2)CC1. The monoisotopic (exact) mass is 354 g/mol. The number of aromatic nitrogens is 2. The molecule has 1 atom stereocenters. The highest BCUT2D eigenvalue weighted by Crippen LogP contribution is 2.15. The molecule has 1 aromatic heterocycles. The highest BCUT2D eigenvalue weighted by Gasteiger charge is 2.21. The lowest BCUT2D eigenvalue weighted by atomic mass is 10.1. The summed E-state index contributed by atoms with van der Waals surface area (Å²) in [7, 11) is 3.56. The molecule has 1 saturated heterocycles. The molecule has 26 heavy (non-hydrogen) atoms. The van der Waals surface area contributed by atoms with Crippen LogP contribution in [0.5, 0.6) is 0 Å². The van der Waals surface area contributed by atoms with Crippen LogP contribution in [0.3, 0.4) is 0 Å². The highest BCUT2D eigenvalue weighted by atomic mass is 16.5. The summed E-state index contributed by atoms with van der Waals surface area (Å²) in [6, 6.07) is 12.1. The Morgan fingerprint density at radius 2 is 1.81 bits per heavy atom. The predicted octanol–water partition coefficient (Wildman–Crippen LogP) is 1.56. The first-order valence-corrected chi connectivity index (χ1v) is 8.87. The third kappa shape index (κ3) is 4.49. The molecular formula is C19H26N6O. The van der Waals surface area contributed by atoms with Gasteiger partial charge in [0, 0.05) is 59.3 Å². The molecule has 7 heteroatoms. The molecule has 1 unspecified atom stereocenters. The van der Waals surface area contributed by atoms with E-state index in [1.54, 1.807) is 19.5 Å². The van der Waals surface area contributed by atoms with E-state index in [2.05, 4.69) is 42.2 Å². The van der Waals surface area contributed by atoms with Crippen molar-refractivity contribution in [1.29, 1.82) is 0 Å². The number of nitrogens with one attached hydrogen (secondary N) is 1. The van der Waals surface area contributed by atoms with Gasteiger partial charge >= 0.3 is 0 Å². The van der Waals surface area contributed by atoms with Crippen LogP contribution in [0.1, 0.15) is 11.7 Å². The first kappa shape index (κ1) is 18.1. The fourth-order valence-electron chi connectivity index (χ4n) is 3.09. The summed E-state index contributed by atoms with van der Waals surface area (Å²) in [4.78, 5) is 17.6. The Morgan fingerprint density at radius 1 is 1.12 bits per heavy atom. The van der Waals surface area contributed by atoms with E-state index in [9.17, 15) is 0 Å². The average molecular weight is 354 g/mol. The van der Waals surface area contributed by atoms with E-state index in [0.717, 1.165) is 43.7 Å². The molecule has 2 heterocycles. The smallest absolute Gasteiger partial charge is 0.225 e. The van der Waals surface area contributed by atoms with Crippen molar-refractivity contribution in [2.24, 2.45) is 4.99 Å². The molecule has 0 spiro atoms. The molecule has 7 nitrogen and oxygen atoms in total. The number of aliphatic imine (C=N–C) groups is 1. The quantitative estimate of drug-likeness (QED) is 0.649. The van der Waals surface area contributed by atoms with Crippen LogP contribution in [0.25, 0.3) is 0 Å². The molecule has 1 fully saturated rings. The van der Waals surface area contributed by atoms with Gasteiger partial charge in [-0.3, -0.25) is 4.99 Å². The van der Waals surface area contributed by atoms with Crippen LogP contribution in [0.4, 0.5) is 5.95 Å². The van der Waals surface area contributed by atoms with Crippen molar-refractivity contribution >= 4 is 11.9 Å². The van der Waals surface area contributed by atoms with Gasteiger partial charge in [0.2, 0.25) is 5.95 Å². The number of guanidine groups is 1. The third-order valence-corrected chi connectivity index (χ3v) is 4.53. The van der Waals surface area contributed by atoms with Gasteiger partial charge in [0.1, 0.15) is 0 Å². The van der Waals surface area contributed by atoms with Crippen molar-refractivity contribution in [2.45, 2.75) is 6.10 Å². The summed E-state index contributed by atoms with van der Waals surface area (Å²) in [5.41, 5.74) is 1.16. The van der Waals surface area contributed by atoms with Crippen LogP contribution in [0.2, 0.25) is 0 Å². The van der Waals surface area contributed by atoms with E-state index >= 15 is 0 Å². The third-order valence-electron chi connectivity index (χ3n) is 4.53. The number of anilines is 1. The number of hydrogen-bond donors (Lipinski definition) is 1. The lowest BCUT2D eigenvalue weighted by Gasteiger charge is -2.36. The minimum Gasteiger partial charge on any atom is -0.375 e. The van der Waals surface area contributed by atoms with Gasteiger partial charge in [0.25, 0.3) is 0 Å². The Bertz CT molecular complexity index is 686. The van der Waals surface area contributed by atoms with Gasteiger partial charge in [-0.25, -0.2) is 9.97 Å². The van der Waals surface area contributed by atoms with E-state index in [1.165, 1.54) is 0 Å². The van der Waals surface area contributed by atoms with Gasteiger partial charge in [-0.05, 0) is 11.6 Å². The minimum atomic E-state index is -0.00745. The predicted molar refractivity (Wildman–Crippen MR) is 103 cm³/mol. The summed E-state index contributed by atoms with van der Waals surface area (Å²) in [5, 5.41) is 3.44. The van der Waals surface area contributed by atoms with Gasteiger partial charge in [-0.15, -0.1) is 0 Å². The van der Waals surface area contributed by atoms with Gasteiger partial charge < -0.3 is 19.9 Å². The summed E-state index contributed by atoms with van der Waals surface area (Å²) < 4.78 is 5.63. The number of hydrogen-bond acceptors (Lipinski definition) is 5. The topological polar surface area (TPSA) is 65.9 Å². The lowest BCUT2D eigenvalue weighted by Crippen LogP contribution is -2.53. The summed E-state index contributed by atoms with van der Waals surface area (Å²) >= 11 is 0. The summed E-state index contributed by atoms with van der Waals surface area (Å²) in [5.74, 6) is 1.69. The molecule has 138 valence electrons. The standard InChI is InChI=1S/C19H26N6O/c1-20-18(23-15-17(26-2)16-7-4-3-5-8-16)24-11-13-25(14-12-24)19-21-9-6-10-22-19/h3-10,17H,11-15H2,1-2H3,(H,20,23). The first-order chi connectivity index (χ1) is 12.8. The number of methoxy groups -OCH3 is 1. The highest BCUT2D eigenvalue weighted by molar-refractivity contribution is 5.80. The van der Waals surface area contributed by atoms with Crippen molar-refractivity contribution in [2.75, 3.05) is 51.8 Å². The van der Waals surface area contributed by atoms with Crippen LogP contribution in [-0.2, 0) is 4.74 Å². The molecule has 0 radical (unpaired) electrons. The Hall–Kier alpha value is -2.67. The van der Waals surface area contributed by atoms with Crippen molar-refractivity contribution < 1.29 is 4.74 Å². The first-order valence-electron chi connectivity index (χ1n) is 8.87. The van der Waals surface area contributed by atoms with Crippen LogP contribution in [0.15, 0.2) is 53.8 Å². The minimum absolute atomic E-state index is 0.00745. The van der Waals surface area contributed by atoms with Gasteiger partial charge in [-0.1, -0.05) is 30.3 Å². The molecule has 0 bridgehead atoms. The van der Waals surface area contributed by atoms with Crippen molar-refractivity contribution in [3.63, 3.8) is 0 Å². The van der Waals surface area contributed by atoms with E-state index in [4.69, 9.17) is 4.74 Å². The molecule has 1 aliphatic rings. The normalized spacial score (nSPS) is 16.5. The summed E-state index contributed by atoms with van der Waals surface area (Å²) in [6.45, 7) is 4.17. The molecule has 1 aromatic carbocycles. The zero-order chi connectivity index (χ0) is 18.2. The number of ether oxygens (including phenoxy) is 1. The number of rotatable bonds is 5. The van der Waals surface area contributed by atoms with Gasteiger partial charge in [-0.2, -0.15) is 0 Å². The summed E-state index contributed by atoms with van der Waals surface area (Å²) in [6.07, 6.45) is 3.56. The average Bonchev–Trinajstić information content (AvgIpc) is 2.73. The van der Waals surface area contributed by atoms with Crippen LogP contribution in [0, 0.1) is 0 Å². The van der Waals surface area contributed by atoms with E-state index < -0.39 is 0 Å². The Balaban J connectivity index is 1.53. The number of benzene rings is 1. The van der Waals surface area contributed by atoms with Crippen molar-refractivity contribution in [3.8, 4) is 0 Å². The molecule has 1 N–H and O–H groups in total. The van der Waals surface area contributed by atoms with E-state index in [1.807, 2.05) is 31.3 Å². The maximum absolute atomic E-state index is 5.63. The van der Waals surface area contributed by atoms with Crippen LogP contribution in [-0.4, -0.2) is 67.7 Å². The van der Waals surface area contributed by atoms with Crippen molar-refractivity contribution in [1.82, 2.24) is 20.2 Å². The Kier molecular flexibility index (Phi) is 6.38. The van der Waals surface area contributed by atoms with E-state index in [-0.39, 0.29) is 6.10 Å². The van der Waals surface area contributed by atoms with Gasteiger partial charge in [0.15, 0.2) is 5.96 Å². The number of nitrogens with zero attached hydrogens (tertiary/aromatic N) is 5. The molecule has 0 aliphatic carbocycles. The lowest BCUT2D eigenvalue weighted by molar-refractivity contribution is 0.105. The zero-order valence-electron chi connectivity index (χ0n) is 15.4. The van der Waals surface area contributed by atoms with Crippen molar-refractivity contribution in [3.05, 3.63) is 54.4 Å². The van der Waals surface area contributed by atoms with Crippen LogP contribution >= 0.6 is 0 Å². The maximum Gasteiger partial charge on any atom is 0.225 e. The number of piperazine rings is 1. The Labute approximate surface area is 154 Å². The van der Waals surface area contributed by atoms with Crippen LogP contribution < -0.4 is 10.2 Å². The second-order valence-corrected chi connectivity index (χ2v) is 6.09. The molecule has 3 rings (SSSR count). The molecule has 2 aromatic rings. The molecule has 1 aliphatic heterocycles. The van der Waals surface area contributed by atoms with Gasteiger partial charge in [0.05, 0.1) is 6.10 Å². The fraction of sp³-hybridized carbons (Fsp3) is 0.421. The zero-order valence-corrected chi connectivity index (χ0v) is 15.4. The largest absolute Gasteiger partial charge is 0.375 e. The molecular weight excluding hydrogens is 328 g/mol.